The molecule has 1 atom stereocenters. The van der Waals surface area contributed by atoms with Gasteiger partial charge in [0.2, 0.25) is 0 Å². The Morgan fingerprint density at radius 2 is 2.38 bits per heavy atom. The average molecular weight is 206 g/mol. The number of hydrogen-bond acceptors (Lipinski definition) is 3. The average Bonchev–Trinajstić information content (AvgIpc) is 2.65. The molecule has 1 aliphatic rings. The van der Waals surface area contributed by atoms with Gasteiger partial charge in [-0.15, -0.1) is 11.6 Å². The fourth-order valence-corrected chi connectivity index (χ4v) is 1.54. The van der Waals surface area contributed by atoms with Gasteiger partial charge >= 0.3 is 5.97 Å². The summed E-state index contributed by atoms with van der Waals surface area (Å²) in [4.78, 5) is 11.3. The summed E-state index contributed by atoms with van der Waals surface area (Å²) in [5.74, 6) is 0.534. The van der Waals surface area contributed by atoms with Crippen LogP contribution in [0.2, 0.25) is 0 Å². The topological polar surface area (TPSA) is 38.3 Å². The number of unbranched alkanes of at least 4 members (excludes halogenated alkanes) is 1. The number of rotatable bonds is 5. The first-order valence-corrected chi connectivity index (χ1v) is 5.34. The standard InChI is InChI=1S/C9H16ClNO2/c10-5-1-2-7-13-9(12)8-4-3-6-11-8/h8,11H,1-7H2/t8-/m0/s1. The third-order valence-electron chi connectivity index (χ3n) is 2.12. The predicted octanol–water partition coefficient (Wildman–Crippen LogP) is 1.30. The minimum Gasteiger partial charge on any atom is -0.465 e. The van der Waals surface area contributed by atoms with E-state index in [9.17, 15) is 4.79 Å². The lowest BCUT2D eigenvalue weighted by molar-refractivity contribution is -0.145. The molecule has 0 saturated carbocycles. The zero-order valence-electron chi connectivity index (χ0n) is 7.72. The molecule has 0 bridgehead atoms. The van der Waals surface area contributed by atoms with E-state index in [4.69, 9.17) is 16.3 Å². The Morgan fingerprint density at radius 3 is 3.00 bits per heavy atom. The number of nitrogens with one attached hydrogen (secondary N) is 1. The molecule has 3 nitrogen and oxygen atoms in total. The summed E-state index contributed by atoms with van der Waals surface area (Å²) in [6, 6.07) is -0.0593. The highest BCUT2D eigenvalue weighted by Gasteiger charge is 2.22. The molecule has 0 aromatic heterocycles. The minimum atomic E-state index is -0.105. The molecule has 13 heavy (non-hydrogen) atoms. The second-order valence-electron chi connectivity index (χ2n) is 3.21. The van der Waals surface area contributed by atoms with Gasteiger partial charge in [0.1, 0.15) is 6.04 Å². The van der Waals surface area contributed by atoms with Crippen molar-refractivity contribution in [1.82, 2.24) is 5.32 Å². The highest BCUT2D eigenvalue weighted by atomic mass is 35.5. The molecule has 0 radical (unpaired) electrons. The SMILES string of the molecule is O=C(OCCCCCl)[C@@H]1CCCN1. The highest BCUT2D eigenvalue weighted by molar-refractivity contribution is 6.17. The smallest absolute Gasteiger partial charge is 0.323 e. The van der Waals surface area contributed by atoms with Crippen LogP contribution in [0.4, 0.5) is 0 Å². The van der Waals surface area contributed by atoms with Crippen molar-refractivity contribution in [2.45, 2.75) is 31.7 Å². The third kappa shape index (κ3) is 3.96. The first-order valence-electron chi connectivity index (χ1n) is 4.80. The van der Waals surface area contributed by atoms with Gasteiger partial charge in [0.05, 0.1) is 6.61 Å². The van der Waals surface area contributed by atoms with Crippen LogP contribution in [0.5, 0.6) is 0 Å². The van der Waals surface area contributed by atoms with E-state index in [1.807, 2.05) is 0 Å². The van der Waals surface area contributed by atoms with Crippen molar-refractivity contribution in [2.24, 2.45) is 0 Å². The summed E-state index contributed by atoms with van der Waals surface area (Å²) in [5.41, 5.74) is 0. The van der Waals surface area contributed by atoms with Gasteiger partial charge in [-0.1, -0.05) is 0 Å². The molecule has 0 aliphatic carbocycles. The lowest BCUT2D eigenvalue weighted by Crippen LogP contribution is -2.32. The quantitative estimate of drug-likeness (QED) is 0.418. The Balaban J connectivity index is 2.03. The molecule has 4 heteroatoms. The fourth-order valence-electron chi connectivity index (χ4n) is 1.36. The molecule has 1 rings (SSSR count). The lowest BCUT2D eigenvalue weighted by atomic mass is 10.2. The summed E-state index contributed by atoms with van der Waals surface area (Å²) in [5, 5.41) is 3.10. The predicted molar refractivity (Wildman–Crippen MR) is 51.9 cm³/mol. The molecule has 0 spiro atoms. The molecule has 1 saturated heterocycles. The van der Waals surface area contributed by atoms with Crippen LogP contribution in [0.1, 0.15) is 25.7 Å². The van der Waals surface area contributed by atoms with Gasteiger partial charge in [-0.05, 0) is 32.2 Å². The molecule has 1 N–H and O–H groups in total. The van der Waals surface area contributed by atoms with Crippen LogP contribution >= 0.6 is 11.6 Å². The maximum atomic E-state index is 11.3. The van der Waals surface area contributed by atoms with Gasteiger partial charge in [0, 0.05) is 5.88 Å². The zero-order chi connectivity index (χ0) is 9.52. The van der Waals surface area contributed by atoms with Gasteiger partial charge in [-0.2, -0.15) is 0 Å². The van der Waals surface area contributed by atoms with E-state index in [0.717, 1.165) is 32.2 Å². The largest absolute Gasteiger partial charge is 0.465 e. The number of ether oxygens (including phenoxy) is 1. The first-order chi connectivity index (χ1) is 6.34. The Bertz CT molecular complexity index is 158. The lowest BCUT2D eigenvalue weighted by Gasteiger charge is -2.09. The van der Waals surface area contributed by atoms with Gasteiger partial charge in [-0.25, -0.2) is 0 Å². The molecule has 0 amide bonds. The van der Waals surface area contributed by atoms with E-state index in [0.29, 0.717) is 12.5 Å². The second-order valence-corrected chi connectivity index (χ2v) is 3.59. The molecule has 76 valence electrons. The van der Waals surface area contributed by atoms with E-state index >= 15 is 0 Å². The molecule has 1 fully saturated rings. The van der Waals surface area contributed by atoms with Gasteiger partial charge < -0.3 is 10.1 Å². The summed E-state index contributed by atoms with van der Waals surface area (Å²) >= 11 is 5.49. The summed E-state index contributed by atoms with van der Waals surface area (Å²) in [7, 11) is 0. The van der Waals surface area contributed by atoms with Crippen molar-refractivity contribution < 1.29 is 9.53 Å². The van der Waals surface area contributed by atoms with Crippen LogP contribution in [0.25, 0.3) is 0 Å². The van der Waals surface area contributed by atoms with Crippen molar-refractivity contribution in [3.63, 3.8) is 0 Å². The summed E-state index contributed by atoms with van der Waals surface area (Å²) in [6.07, 6.45) is 3.75. The maximum absolute atomic E-state index is 11.3. The number of hydrogen-bond donors (Lipinski definition) is 1. The second kappa shape index (κ2) is 6.22. The summed E-state index contributed by atoms with van der Waals surface area (Å²) < 4.78 is 5.07. The van der Waals surface area contributed by atoms with Crippen molar-refractivity contribution >= 4 is 17.6 Å². The maximum Gasteiger partial charge on any atom is 0.323 e. The van der Waals surface area contributed by atoms with E-state index in [1.165, 1.54) is 0 Å². The van der Waals surface area contributed by atoms with E-state index in [2.05, 4.69) is 5.32 Å². The third-order valence-corrected chi connectivity index (χ3v) is 2.38. The normalized spacial score (nSPS) is 21.8. The minimum absolute atomic E-state index is 0.0593. The number of alkyl halides is 1. The number of halogens is 1. The van der Waals surface area contributed by atoms with Crippen LogP contribution in [0.15, 0.2) is 0 Å². The Kier molecular flexibility index (Phi) is 5.16. The number of carbonyl (C=O) groups is 1. The van der Waals surface area contributed by atoms with Crippen molar-refractivity contribution in [2.75, 3.05) is 19.0 Å². The van der Waals surface area contributed by atoms with E-state index in [-0.39, 0.29) is 12.0 Å². The van der Waals surface area contributed by atoms with Gasteiger partial charge in [0.25, 0.3) is 0 Å². The Morgan fingerprint density at radius 1 is 1.54 bits per heavy atom. The molecular weight excluding hydrogens is 190 g/mol. The Hall–Kier alpha value is -0.280. The summed E-state index contributed by atoms with van der Waals surface area (Å²) in [6.45, 7) is 1.44. The van der Waals surface area contributed by atoms with Gasteiger partial charge in [-0.3, -0.25) is 4.79 Å². The molecule has 0 aromatic carbocycles. The van der Waals surface area contributed by atoms with Crippen molar-refractivity contribution in [1.29, 1.82) is 0 Å². The molecule has 1 aliphatic heterocycles. The zero-order valence-corrected chi connectivity index (χ0v) is 8.48. The van der Waals surface area contributed by atoms with Crippen LogP contribution in [0.3, 0.4) is 0 Å². The van der Waals surface area contributed by atoms with Crippen molar-refractivity contribution in [3.8, 4) is 0 Å². The highest BCUT2D eigenvalue weighted by Crippen LogP contribution is 2.06. The van der Waals surface area contributed by atoms with Crippen LogP contribution in [-0.2, 0) is 9.53 Å². The first kappa shape index (κ1) is 10.8. The van der Waals surface area contributed by atoms with Crippen LogP contribution < -0.4 is 5.32 Å². The molecule has 1 heterocycles. The van der Waals surface area contributed by atoms with E-state index < -0.39 is 0 Å². The number of carbonyl (C=O) groups excluding carboxylic acids is 1. The fraction of sp³-hybridized carbons (Fsp3) is 0.889. The molecule has 0 aromatic rings. The van der Waals surface area contributed by atoms with Gasteiger partial charge in [0.15, 0.2) is 0 Å². The Labute approximate surface area is 83.8 Å². The van der Waals surface area contributed by atoms with E-state index in [1.54, 1.807) is 0 Å². The molecular formula is C9H16ClNO2. The van der Waals surface area contributed by atoms with Crippen molar-refractivity contribution in [3.05, 3.63) is 0 Å². The van der Waals surface area contributed by atoms with Crippen LogP contribution in [-0.4, -0.2) is 31.0 Å². The van der Waals surface area contributed by atoms with Crippen LogP contribution in [0, 0.1) is 0 Å². The molecule has 0 unspecified atom stereocenters. The monoisotopic (exact) mass is 205 g/mol. The number of esters is 1.